The fraction of sp³-hybridized carbons (Fsp3) is 0.364. The van der Waals surface area contributed by atoms with Gasteiger partial charge in [0.1, 0.15) is 0 Å². The van der Waals surface area contributed by atoms with Crippen molar-refractivity contribution in [2.75, 3.05) is 13.1 Å². The molecule has 14 heavy (non-hydrogen) atoms. The minimum atomic E-state index is 0.791. The minimum absolute atomic E-state index is 0.791. The van der Waals surface area contributed by atoms with Gasteiger partial charge >= 0.3 is 0 Å². The summed E-state index contributed by atoms with van der Waals surface area (Å²) >= 11 is 0. The molecule has 2 aromatic rings. The zero-order valence-electron chi connectivity index (χ0n) is 7.96. The number of hydrogen-bond acceptors (Lipinski definition) is 2. The Morgan fingerprint density at radius 1 is 1.29 bits per heavy atom. The predicted octanol–water partition coefficient (Wildman–Crippen LogP) is 1.32. The van der Waals surface area contributed by atoms with Crippen molar-refractivity contribution in [2.24, 2.45) is 5.92 Å². The van der Waals surface area contributed by atoms with E-state index in [4.69, 9.17) is 0 Å². The summed E-state index contributed by atoms with van der Waals surface area (Å²) in [5.74, 6) is 0.791. The highest BCUT2D eigenvalue weighted by molar-refractivity contribution is 5.81. The fourth-order valence-corrected chi connectivity index (χ4v) is 1.95. The molecule has 1 aromatic heterocycles. The summed E-state index contributed by atoms with van der Waals surface area (Å²) < 4.78 is 0. The number of para-hydroxylation sites is 1. The van der Waals surface area contributed by atoms with E-state index in [0.29, 0.717) is 0 Å². The number of nitrogens with zero attached hydrogens (tertiary/aromatic N) is 1. The molecular formula is C11H13N3. The zero-order valence-corrected chi connectivity index (χ0v) is 7.96. The molecule has 1 saturated heterocycles. The van der Waals surface area contributed by atoms with Gasteiger partial charge in [-0.1, -0.05) is 18.2 Å². The van der Waals surface area contributed by atoms with Gasteiger partial charge in [0.25, 0.3) is 0 Å². The van der Waals surface area contributed by atoms with Gasteiger partial charge in [-0.05, 0) is 31.5 Å². The molecule has 3 heteroatoms. The van der Waals surface area contributed by atoms with Crippen molar-refractivity contribution in [1.82, 2.24) is 15.5 Å². The van der Waals surface area contributed by atoms with Gasteiger partial charge < -0.3 is 5.32 Å². The first-order valence-corrected chi connectivity index (χ1v) is 5.06. The van der Waals surface area contributed by atoms with Gasteiger partial charge in [-0.3, -0.25) is 5.10 Å². The van der Waals surface area contributed by atoms with E-state index in [2.05, 4.69) is 27.6 Å². The third-order valence-electron chi connectivity index (χ3n) is 2.90. The van der Waals surface area contributed by atoms with Gasteiger partial charge in [0.05, 0.1) is 5.52 Å². The van der Waals surface area contributed by atoms with Gasteiger partial charge in [-0.25, -0.2) is 0 Å². The molecule has 0 bridgehead atoms. The molecule has 0 amide bonds. The Hall–Kier alpha value is -1.35. The highest BCUT2D eigenvalue weighted by atomic mass is 15.1. The second-order valence-electron chi connectivity index (χ2n) is 3.95. The summed E-state index contributed by atoms with van der Waals surface area (Å²) in [5, 5.41) is 12.0. The summed E-state index contributed by atoms with van der Waals surface area (Å²) in [6, 6.07) is 8.28. The smallest absolute Gasteiger partial charge is 0.0923 e. The molecule has 2 N–H and O–H groups in total. The summed E-state index contributed by atoms with van der Waals surface area (Å²) in [4.78, 5) is 0. The van der Waals surface area contributed by atoms with Crippen LogP contribution < -0.4 is 5.32 Å². The van der Waals surface area contributed by atoms with Crippen LogP contribution in [0.3, 0.4) is 0 Å². The van der Waals surface area contributed by atoms with E-state index in [0.717, 1.165) is 30.9 Å². The fourth-order valence-electron chi connectivity index (χ4n) is 1.95. The van der Waals surface area contributed by atoms with Crippen LogP contribution in [0.1, 0.15) is 5.69 Å². The molecular weight excluding hydrogens is 174 g/mol. The molecule has 1 fully saturated rings. The zero-order chi connectivity index (χ0) is 9.38. The Balaban J connectivity index is 1.95. The number of hydrogen-bond donors (Lipinski definition) is 2. The molecule has 1 aliphatic heterocycles. The lowest BCUT2D eigenvalue weighted by molar-refractivity contribution is 0.344. The first-order chi connectivity index (χ1) is 6.93. The van der Waals surface area contributed by atoms with E-state index in [1.165, 1.54) is 11.1 Å². The van der Waals surface area contributed by atoms with Crippen molar-refractivity contribution in [2.45, 2.75) is 6.42 Å². The lowest BCUT2D eigenvalue weighted by Gasteiger charge is -2.26. The highest BCUT2D eigenvalue weighted by Gasteiger charge is 2.18. The van der Waals surface area contributed by atoms with Crippen molar-refractivity contribution >= 4 is 10.9 Å². The van der Waals surface area contributed by atoms with Gasteiger partial charge in [-0.2, -0.15) is 5.10 Å². The van der Waals surface area contributed by atoms with Crippen LogP contribution in [0.15, 0.2) is 24.3 Å². The molecule has 1 aromatic carbocycles. The average molecular weight is 187 g/mol. The molecule has 3 rings (SSSR count). The van der Waals surface area contributed by atoms with Crippen LogP contribution in [0.5, 0.6) is 0 Å². The van der Waals surface area contributed by atoms with Crippen LogP contribution in [-0.2, 0) is 6.42 Å². The van der Waals surface area contributed by atoms with Gasteiger partial charge in [0.15, 0.2) is 0 Å². The maximum absolute atomic E-state index is 4.28. The van der Waals surface area contributed by atoms with Crippen LogP contribution >= 0.6 is 0 Å². The van der Waals surface area contributed by atoms with E-state index in [9.17, 15) is 0 Å². The standard InChI is InChI=1S/C11H13N3/c1-2-4-10-9(3-1)11(14-13-10)5-8-6-12-7-8/h1-4,8,12H,5-7H2,(H,13,14). The molecule has 72 valence electrons. The van der Waals surface area contributed by atoms with Crippen molar-refractivity contribution in [3.8, 4) is 0 Å². The van der Waals surface area contributed by atoms with E-state index in [-0.39, 0.29) is 0 Å². The molecule has 2 heterocycles. The Kier molecular flexibility index (Phi) is 1.77. The van der Waals surface area contributed by atoms with Gasteiger partial charge in [0, 0.05) is 11.1 Å². The van der Waals surface area contributed by atoms with Crippen LogP contribution in [0.4, 0.5) is 0 Å². The van der Waals surface area contributed by atoms with Crippen molar-refractivity contribution in [3.05, 3.63) is 30.0 Å². The van der Waals surface area contributed by atoms with E-state index < -0.39 is 0 Å². The predicted molar refractivity (Wildman–Crippen MR) is 56.2 cm³/mol. The monoisotopic (exact) mass is 187 g/mol. The van der Waals surface area contributed by atoms with E-state index >= 15 is 0 Å². The summed E-state index contributed by atoms with van der Waals surface area (Å²) in [5.41, 5.74) is 2.36. The Morgan fingerprint density at radius 3 is 2.93 bits per heavy atom. The Morgan fingerprint density at radius 2 is 2.14 bits per heavy atom. The average Bonchev–Trinajstić information content (AvgIpc) is 2.55. The summed E-state index contributed by atoms with van der Waals surface area (Å²) in [7, 11) is 0. The van der Waals surface area contributed by atoms with Crippen molar-refractivity contribution in [3.63, 3.8) is 0 Å². The SMILES string of the molecule is c1ccc2c(CC3CNC3)[nH]nc2c1. The second-order valence-corrected chi connectivity index (χ2v) is 3.95. The Bertz CT molecular complexity index is 442. The molecule has 0 aliphatic carbocycles. The molecule has 0 unspecified atom stereocenters. The first kappa shape index (κ1) is 8.00. The van der Waals surface area contributed by atoms with E-state index in [1.807, 2.05) is 12.1 Å². The molecule has 0 atom stereocenters. The maximum atomic E-state index is 4.28. The molecule has 1 aliphatic rings. The normalized spacial score (nSPS) is 17.1. The summed E-state index contributed by atoms with van der Waals surface area (Å²) in [6.07, 6.45) is 1.12. The topological polar surface area (TPSA) is 40.7 Å². The Labute approximate surface area is 82.5 Å². The number of aromatic amines is 1. The minimum Gasteiger partial charge on any atom is -0.316 e. The molecule has 0 saturated carbocycles. The number of H-pyrrole nitrogens is 1. The van der Waals surface area contributed by atoms with Gasteiger partial charge in [0.2, 0.25) is 0 Å². The first-order valence-electron chi connectivity index (χ1n) is 5.06. The third kappa shape index (κ3) is 1.21. The number of benzene rings is 1. The lowest BCUT2D eigenvalue weighted by Crippen LogP contribution is -2.43. The lowest BCUT2D eigenvalue weighted by atomic mass is 9.96. The number of rotatable bonds is 2. The van der Waals surface area contributed by atoms with Crippen molar-refractivity contribution < 1.29 is 0 Å². The van der Waals surface area contributed by atoms with Crippen LogP contribution in [0, 0.1) is 5.92 Å². The third-order valence-corrected chi connectivity index (χ3v) is 2.90. The second kappa shape index (κ2) is 3.10. The number of aromatic nitrogens is 2. The van der Waals surface area contributed by atoms with Crippen LogP contribution in [-0.4, -0.2) is 23.3 Å². The molecule has 3 nitrogen and oxygen atoms in total. The number of nitrogens with one attached hydrogen (secondary N) is 2. The highest BCUT2D eigenvalue weighted by Crippen LogP contribution is 2.19. The van der Waals surface area contributed by atoms with E-state index in [1.54, 1.807) is 0 Å². The number of fused-ring (bicyclic) bond motifs is 1. The van der Waals surface area contributed by atoms with Crippen LogP contribution in [0.25, 0.3) is 10.9 Å². The van der Waals surface area contributed by atoms with Crippen LogP contribution in [0.2, 0.25) is 0 Å². The maximum Gasteiger partial charge on any atom is 0.0923 e. The van der Waals surface area contributed by atoms with Gasteiger partial charge in [-0.15, -0.1) is 0 Å². The quantitative estimate of drug-likeness (QED) is 0.744. The molecule has 0 radical (unpaired) electrons. The largest absolute Gasteiger partial charge is 0.316 e. The molecule has 0 spiro atoms. The summed E-state index contributed by atoms with van der Waals surface area (Å²) in [6.45, 7) is 2.29. The van der Waals surface area contributed by atoms with Crippen molar-refractivity contribution in [1.29, 1.82) is 0 Å².